The molecular weight excluding hydrogens is 220 g/mol. The third-order valence-corrected chi connectivity index (χ3v) is 2.89. The second-order valence-electron chi connectivity index (χ2n) is 4.99. The minimum Gasteiger partial charge on any atom is -0.480 e. The molecule has 0 aromatic heterocycles. The first-order valence-corrected chi connectivity index (χ1v) is 6.25. The maximum Gasteiger partial charge on any atom is 0.326 e. The number of hydrogen-bond acceptors (Lipinski definition) is 2. The molecule has 0 aromatic carbocycles. The molecule has 0 radical (unpaired) electrons. The third kappa shape index (κ3) is 4.24. The van der Waals surface area contributed by atoms with E-state index < -0.39 is 12.0 Å². The largest absolute Gasteiger partial charge is 0.480 e. The van der Waals surface area contributed by atoms with Crippen molar-refractivity contribution in [3.63, 3.8) is 0 Å². The number of carbonyl (C=O) groups excluding carboxylic acids is 1. The van der Waals surface area contributed by atoms with Crippen molar-refractivity contribution in [2.24, 2.45) is 5.92 Å². The topological polar surface area (TPSA) is 69.6 Å². The molecule has 5 nitrogen and oxygen atoms in total. The van der Waals surface area contributed by atoms with E-state index in [1.807, 2.05) is 20.8 Å². The van der Waals surface area contributed by atoms with Crippen LogP contribution in [-0.2, 0) is 4.79 Å². The Morgan fingerprint density at radius 1 is 1.41 bits per heavy atom. The van der Waals surface area contributed by atoms with Crippen LogP contribution in [-0.4, -0.2) is 40.6 Å². The lowest BCUT2D eigenvalue weighted by molar-refractivity contribution is -0.139. The quantitative estimate of drug-likeness (QED) is 0.744. The average Bonchev–Trinajstić information content (AvgIpc) is 3.01. The van der Waals surface area contributed by atoms with E-state index in [4.69, 9.17) is 5.11 Å². The van der Waals surface area contributed by atoms with E-state index in [0.29, 0.717) is 19.0 Å². The van der Waals surface area contributed by atoms with Crippen LogP contribution in [0.1, 0.15) is 40.0 Å². The van der Waals surface area contributed by atoms with Crippen LogP contribution in [0, 0.1) is 5.92 Å². The number of nitrogens with one attached hydrogen (secondary N) is 1. The van der Waals surface area contributed by atoms with Crippen molar-refractivity contribution in [1.82, 2.24) is 10.2 Å². The fraction of sp³-hybridized carbons (Fsp3) is 0.833. The Labute approximate surface area is 102 Å². The van der Waals surface area contributed by atoms with Crippen LogP contribution < -0.4 is 5.32 Å². The number of aliphatic carboxylic acids is 1. The Bertz CT molecular complexity index is 287. The maximum atomic E-state index is 11.9. The molecule has 1 aliphatic rings. The molecule has 2 amide bonds. The van der Waals surface area contributed by atoms with E-state index in [0.717, 1.165) is 12.8 Å². The summed E-state index contributed by atoms with van der Waals surface area (Å²) >= 11 is 0. The highest BCUT2D eigenvalue weighted by Gasteiger charge is 2.33. The second kappa shape index (κ2) is 5.89. The molecule has 0 heterocycles. The summed E-state index contributed by atoms with van der Waals surface area (Å²) in [6, 6.07) is -0.716. The lowest BCUT2D eigenvalue weighted by atomic mass is 10.0. The third-order valence-electron chi connectivity index (χ3n) is 2.89. The van der Waals surface area contributed by atoms with Crippen molar-refractivity contribution in [2.75, 3.05) is 6.54 Å². The van der Waals surface area contributed by atoms with Gasteiger partial charge in [-0.3, -0.25) is 0 Å². The summed E-state index contributed by atoms with van der Waals surface area (Å²) in [7, 11) is 0. The molecule has 0 spiro atoms. The van der Waals surface area contributed by atoms with Crippen molar-refractivity contribution in [3.8, 4) is 0 Å². The van der Waals surface area contributed by atoms with Crippen LogP contribution in [0.4, 0.5) is 4.79 Å². The molecule has 98 valence electrons. The minimum atomic E-state index is -0.959. The molecule has 0 aromatic rings. The van der Waals surface area contributed by atoms with Crippen LogP contribution in [0.5, 0.6) is 0 Å². The van der Waals surface area contributed by atoms with Gasteiger partial charge < -0.3 is 15.3 Å². The maximum absolute atomic E-state index is 11.9. The summed E-state index contributed by atoms with van der Waals surface area (Å²) in [6.07, 6.45) is 2.52. The van der Waals surface area contributed by atoms with Gasteiger partial charge in [0.2, 0.25) is 0 Å². The number of amides is 2. The lowest BCUT2D eigenvalue weighted by Gasteiger charge is -2.24. The number of carboxylic acids is 1. The van der Waals surface area contributed by atoms with Crippen molar-refractivity contribution >= 4 is 12.0 Å². The minimum absolute atomic E-state index is 0.243. The predicted octanol–water partition coefficient (Wildman–Crippen LogP) is 1.68. The van der Waals surface area contributed by atoms with Crippen molar-refractivity contribution < 1.29 is 14.7 Å². The average molecular weight is 242 g/mol. The number of nitrogens with zero attached hydrogens (tertiary/aromatic N) is 1. The van der Waals surface area contributed by atoms with Gasteiger partial charge in [0, 0.05) is 12.6 Å². The van der Waals surface area contributed by atoms with Gasteiger partial charge in [0.15, 0.2) is 0 Å². The van der Waals surface area contributed by atoms with Crippen LogP contribution in [0.25, 0.3) is 0 Å². The van der Waals surface area contributed by atoms with E-state index >= 15 is 0 Å². The molecule has 1 fully saturated rings. The highest BCUT2D eigenvalue weighted by molar-refractivity contribution is 5.82. The van der Waals surface area contributed by atoms with Crippen molar-refractivity contribution in [3.05, 3.63) is 0 Å². The molecule has 0 aliphatic heterocycles. The number of rotatable bonds is 6. The van der Waals surface area contributed by atoms with E-state index in [1.165, 1.54) is 0 Å². The van der Waals surface area contributed by atoms with Crippen LogP contribution in [0.2, 0.25) is 0 Å². The molecule has 5 heteroatoms. The zero-order valence-corrected chi connectivity index (χ0v) is 10.8. The molecule has 0 bridgehead atoms. The van der Waals surface area contributed by atoms with Gasteiger partial charge in [-0.1, -0.05) is 13.8 Å². The van der Waals surface area contributed by atoms with Crippen LogP contribution in [0.3, 0.4) is 0 Å². The monoisotopic (exact) mass is 242 g/mol. The van der Waals surface area contributed by atoms with E-state index in [2.05, 4.69) is 5.32 Å². The summed E-state index contributed by atoms with van der Waals surface area (Å²) in [5.41, 5.74) is 0. The predicted molar refractivity (Wildman–Crippen MR) is 64.8 cm³/mol. The molecule has 0 unspecified atom stereocenters. The molecule has 1 atom stereocenters. The first-order chi connectivity index (χ1) is 7.95. The normalized spacial score (nSPS) is 16.7. The highest BCUT2D eigenvalue weighted by atomic mass is 16.4. The van der Waals surface area contributed by atoms with Gasteiger partial charge in [0.25, 0.3) is 0 Å². The molecule has 1 rings (SSSR count). The van der Waals surface area contributed by atoms with Crippen molar-refractivity contribution in [2.45, 2.75) is 52.1 Å². The number of carboxylic acid groups (broad SMARTS) is 1. The van der Waals surface area contributed by atoms with Crippen molar-refractivity contribution in [1.29, 1.82) is 0 Å². The Morgan fingerprint density at radius 2 is 2.00 bits per heavy atom. The second-order valence-corrected chi connectivity index (χ2v) is 4.99. The molecular formula is C12H22N2O3. The van der Waals surface area contributed by atoms with E-state index in [1.54, 1.807) is 4.90 Å². The smallest absolute Gasteiger partial charge is 0.326 e. The van der Waals surface area contributed by atoms with E-state index in [9.17, 15) is 9.59 Å². The molecule has 1 saturated carbocycles. The van der Waals surface area contributed by atoms with Gasteiger partial charge in [0.05, 0.1) is 0 Å². The lowest BCUT2D eigenvalue weighted by Crippen LogP contribution is -2.49. The van der Waals surface area contributed by atoms with Crippen LogP contribution in [0.15, 0.2) is 0 Å². The first kappa shape index (κ1) is 13.8. The Morgan fingerprint density at radius 3 is 2.35 bits per heavy atom. The van der Waals surface area contributed by atoms with Crippen LogP contribution >= 0.6 is 0 Å². The Hall–Kier alpha value is -1.26. The highest BCUT2D eigenvalue weighted by Crippen LogP contribution is 2.26. The standard InChI is InChI=1S/C12H22N2O3/c1-4-14(9-5-6-9)12(17)13-10(11(15)16)7-8(2)3/h8-10H,4-7H2,1-3H3,(H,13,17)(H,15,16)/t10-/m1/s1. The van der Waals surface area contributed by atoms with Gasteiger partial charge in [0.1, 0.15) is 6.04 Å². The van der Waals surface area contributed by atoms with Gasteiger partial charge in [-0.15, -0.1) is 0 Å². The molecule has 1 aliphatic carbocycles. The Balaban J connectivity index is 2.53. The molecule has 0 saturated heterocycles. The summed E-state index contributed by atoms with van der Waals surface area (Å²) in [6.45, 7) is 6.43. The fourth-order valence-electron chi connectivity index (χ4n) is 1.88. The van der Waals surface area contributed by atoms with Gasteiger partial charge >= 0.3 is 12.0 Å². The van der Waals surface area contributed by atoms with E-state index in [-0.39, 0.29) is 11.9 Å². The number of carbonyl (C=O) groups is 2. The summed E-state index contributed by atoms with van der Waals surface area (Å²) < 4.78 is 0. The number of hydrogen-bond donors (Lipinski definition) is 2. The molecule has 17 heavy (non-hydrogen) atoms. The zero-order valence-electron chi connectivity index (χ0n) is 10.8. The fourth-order valence-corrected chi connectivity index (χ4v) is 1.88. The summed E-state index contributed by atoms with van der Waals surface area (Å²) in [5.74, 6) is -0.716. The number of urea groups is 1. The van der Waals surface area contributed by atoms with Gasteiger partial charge in [-0.2, -0.15) is 0 Å². The molecule has 2 N–H and O–H groups in total. The van der Waals surface area contributed by atoms with Gasteiger partial charge in [-0.05, 0) is 32.1 Å². The SMILES string of the molecule is CCN(C(=O)N[C@H](CC(C)C)C(=O)O)C1CC1. The summed E-state index contributed by atoms with van der Waals surface area (Å²) in [5, 5.41) is 11.7. The first-order valence-electron chi connectivity index (χ1n) is 6.25. The Kier molecular flexibility index (Phi) is 4.78. The van der Waals surface area contributed by atoms with Gasteiger partial charge in [-0.25, -0.2) is 9.59 Å². The summed E-state index contributed by atoms with van der Waals surface area (Å²) in [4.78, 5) is 24.7. The zero-order chi connectivity index (χ0) is 13.0.